The van der Waals surface area contributed by atoms with Crippen LogP contribution in [0.25, 0.3) is 0 Å². The summed E-state index contributed by atoms with van der Waals surface area (Å²) in [6.45, 7) is 0. The molecule has 1 aliphatic rings. The molecule has 74 valence electrons. The first-order valence-electron chi connectivity index (χ1n) is 4.17. The van der Waals surface area contributed by atoms with E-state index in [1.165, 1.54) is 0 Å². The number of sulfone groups is 1. The average Bonchev–Trinajstić information content (AvgIpc) is 2.17. The normalized spacial score (nSPS) is 23.3. The van der Waals surface area contributed by atoms with E-state index >= 15 is 0 Å². The summed E-state index contributed by atoms with van der Waals surface area (Å²) in [7, 11) is -3.30. The molecule has 1 atom stereocenters. The summed E-state index contributed by atoms with van der Waals surface area (Å²) in [4.78, 5) is 10.8. The van der Waals surface area contributed by atoms with E-state index in [4.69, 9.17) is 0 Å². The van der Waals surface area contributed by atoms with Crippen LogP contribution < -0.4 is 5.32 Å². The van der Waals surface area contributed by atoms with Gasteiger partial charge in [0.25, 0.3) is 0 Å². The van der Waals surface area contributed by atoms with E-state index in [2.05, 4.69) is 5.32 Å². The van der Waals surface area contributed by atoms with E-state index in [1.54, 1.807) is 24.3 Å². The van der Waals surface area contributed by atoms with Gasteiger partial charge in [-0.3, -0.25) is 0 Å². The molecule has 2 rings (SSSR count). The van der Waals surface area contributed by atoms with E-state index in [-0.39, 0.29) is 10.6 Å². The first kappa shape index (κ1) is 9.21. The monoisotopic (exact) mass is 211 g/mol. The number of carbonyl (C=O) groups excluding carboxylic acids is 1. The molecule has 0 amide bonds. The Morgan fingerprint density at radius 2 is 2.07 bits per heavy atom. The zero-order valence-electron chi connectivity index (χ0n) is 7.30. The van der Waals surface area contributed by atoms with Crippen molar-refractivity contribution in [3.63, 3.8) is 0 Å². The maximum Gasteiger partial charge on any atom is 0.182 e. The van der Waals surface area contributed by atoms with Gasteiger partial charge in [0.15, 0.2) is 9.84 Å². The molecule has 14 heavy (non-hydrogen) atoms. The molecule has 1 heterocycles. The van der Waals surface area contributed by atoms with Crippen molar-refractivity contribution in [2.45, 2.75) is 10.9 Å². The second-order valence-corrected chi connectivity index (χ2v) is 5.17. The van der Waals surface area contributed by atoms with Crippen molar-refractivity contribution < 1.29 is 13.2 Å². The first-order chi connectivity index (χ1) is 6.63. The third-order valence-electron chi connectivity index (χ3n) is 2.13. The third-order valence-corrected chi connectivity index (χ3v) is 3.95. The van der Waals surface area contributed by atoms with Crippen molar-refractivity contribution in [2.24, 2.45) is 0 Å². The number of nitrogens with one attached hydrogen (secondary N) is 1. The number of carbonyl (C=O) groups is 1. The van der Waals surface area contributed by atoms with Gasteiger partial charge in [-0.25, -0.2) is 8.42 Å². The molecule has 1 aromatic rings. The smallest absolute Gasteiger partial charge is 0.182 e. The maximum atomic E-state index is 11.6. The van der Waals surface area contributed by atoms with Gasteiger partial charge in [0, 0.05) is 0 Å². The molecule has 0 radical (unpaired) electrons. The molecule has 1 aromatic carbocycles. The molecule has 0 saturated heterocycles. The van der Waals surface area contributed by atoms with Gasteiger partial charge in [-0.15, -0.1) is 0 Å². The van der Waals surface area contributed by atoms with E-state index in [1.807, 2.05) is 0 Å². The second kappa shape index (κ2) is 3.09. The molecule has 1 unspecified atom stereocenters. The van der Waals surface area contributed by atoms with Crippen molar-refractivity contribution in [3.05, 3.63) is 24.3 Å². The van der Waals surface area contributed by atoms with Gasteiger partial charge in [0.1, 0.15) is 6.29 Å². The zero-order valence-corrected chi connectivity index (χ0v) is 8.12. The maximum absolute atomic E-state index is 11.6. The molecule has 1 aliphatic heterocycles. The lowest BCUT2D eigenvalue weighted by atomic mass is 10.2. The van der Waals surface area contributed by atoms with Crippen molar-refractivity contribution in [2.75, 3.05) is 11.1 Å². The highest BCUT2D eigenvalue weighted by Crippen LogP contribution is 2.27. The van der Waals surface area contributed by atoms with E-state index in [9.17, 15) is 13.2 Å². The number of benzene rings is 1. The van der Waals surface area contributed by atoms with Gasteiger partial charge in [-0.2, -0.15) is 0 Å². The number of hydrogen-bond acceptors (Lipinski definition) is 4. The zero-order chi connectivity index (χ0) is 10.2. The fraction of sp³-hybridized carbons (Fsp3) is 0.222. The van der Waals surface area contributed by atoms with Gasteiger partial charge in [-0.05, 0) is 12.1 Å². The van der Waals surface area contributed by atoms with Crippen LogP contribution >= 0.6 is 0 Å². The fourth-order valence-corrected chi connectivity index (χ4v) is 3.06. The van der Waals surface area contributed by atoms with Gasteiger partial charge in [-0.1, -0.05) is 12.1 Å². The van der Waals surface area contributed by atoms with Crippen molar-refractivity contribution in [1.29, 1.82) is 0 Å². The topological polar surface area (TPSA) is 63.2 Å². The average molecular weight is 211 g/mol. The van der Waals surface area contributed by atoms with Crippen LogP contribution in [-0.2, 0) is 14.6 Å². The summed E-state index contributed by atoms with van der Waals surface area (Å²) >= 11 is 0. The molecule has 0 fully saturated rings. The minimum atomic E-state index is -3.30. The summed E-state index contributed by atoms with van der Waals surface area (Å²) in [6, 6.07) is 5.96. The molecular weight excluding hydrogens is 202 g/mol. The fourth-order valence-electron chi connectivity index (χ4n) is 1.50. The van der Waals surface area contributed by atoms with Crippen LogP contribution in [0.5, 0.6) is 0 Å². The predicted octanol–water partition coefficient (Wildman–Crippen LogP) is 0.453. The number of hydrogen-bond donors (Lipinski definition) is 1. The summed E-state index contributed by atoms with van der Waals surface area (Å²) in [5, 5.41) is 2.86. The van der Waals surface area contributed by atoms with Gasteiger partial charge in [0.05, 0.1) is 22.4 Å². The standard InChI is InChI=1S/C9H9NO3S/c11-5-7-6-14(12,13)9-4-2-1-3-8(9)10-7/h1-5,7,10H,6H2. The van der Waals surface area contributed by atoms with Crippen LogP contribution in [0.4, 0.5) is 5.69 Å². The predicted molar refractivity (Wildman–Crippen MR) is 52.0 cm³/mol. The summed E-state index contributed by atoms with van der Waals surface area (Å²) in [5.74, 6) is -0.159. The Morgan fingerprint density at radius 1 is 1.36 bits per heavy atom. The van der Waals surface area contributed by atoms with Gasteiger partial charge < -0.3 is 10.1 Å². The SMILES string of the molecule is O=CC1CS(=O)(=O)c2ccccc2N1. The summed E-state index contributed by atoms with van der Waals surface area (Å²) in [5.41, 5.74) is 0.510. The van der Waals surface area contributed by atoms with Crippen LogP contribution in [0.1, 0.15) is 0 Å². The second-order valence-electron chi connectivity index (χ2n) is 3.16. The number of aldehydes is 1. The molecule has 1 N–H and O–H groups in total. The lowest BCUT2D eigenvalue weighted by Crippen LogP contribution is -2.35. The molecule has 0 bridgehead atoms. The Kier molecular flexibility index (Phi) is 2.03. The Bertz CT molecular complexity index is 467. The van der Waals surface area contributed by atoms with Gasteiger partial charge >= 0.3 is 0 Å². The Balaban J connectivity index is 2.58. The third kappa shape index (κ3) is 1.39. The number of fused-ring (bicyclic) bond motifs is 1. The molecule has 0 spiro atoms. The molecule has 0 aliphatic carbocycles. The minimum absolute atomic E-state index is 0.159. The molecule has 0 saturated carbocycles. The number of anilines is 1. The first-order valence-corrected chi connectivity index (χ1v) is 5.82. The highest BCUT2D eigenvalue weighted by atomic mass is 32.2. The minimum Gasteiger partial charge on any atom is -0.374 e. The molecule has 0 aromatic heterocycles. The lowest BCUT2D eigenvalue weighted by Gasteiger charge is -2.22. The van der Waals surface area contributed by atoms with E-state index < -0.39 is 15.9 Å². The Hall–Kier alpha value is -1.36. The Labute approximate surface area is 81.9 Å². The highest BCUT2D eigenvalue weighted by molar-refractivity contribution is 7.91. The van der Waals surface area contributed by atoms with Crippen LogP contribution in [0.2, 0.25) is 0 Å². The quantitative estimate of drug-likeness (QED) is 0.685. The largest absolute Gasteiger partial charge is 0.374 e. The van der Waals surface area contributed by atoms with Gasteiger partial charge in [0.2, 0.25) is 0 Å². The van der Waals surface area contributed by atoms with E-state index in [0.29, 0.717) is 12.0 Å². The molecule has 5 heteroatoms. The number of para-hydroxylation sites is 1. The Morgan fingerprint density at radius 3 is 2.79 bits per heavy atom. The van der Waals surface area contributed by atoms with Crippen molar-refractivity contribution in [1.82, 2.24) is 0 Å². The summed E-state index contributed by atoms with van der Waals surface area (Å²) in [6.07, 6.45) is 0.619. The summed E-state index contributed by atoms with van der Waals surface area (Å²) < 4.78 is 23.3. The van der Waals surface area contributed by atoms with Crippen LogP contribution in [0.3, 0.4) is 0 Å². The highest BCUT2D eigenvalue weighted by Gasteiger charge is 2.28. The van der Waals surface area contributed by atoms with E-state index in [0.717, 1.165) is 0 Å². The van der Waals surface area contributed by atoms with Crippen molar-refractivity contribution >= 4 is 21.8 Å². The van der Waals surface area contributed by atoms with Crippen molar-refractivity contribution in [3.8, 4) is 0 Å². The van der Waals surface area contributed by atoms with Crippen LogP contribution in [0.15, 0.2) is 29.2 Å². The molecular formula is C9H9NO3S. The van der Waals surface area contributed by atoms with Crippen LogP contribution in [0, 0.1) is 0 Å². The van der Waals surface area contributed by atoms with Crippen LogP contribution in [-0.4, -0.2) is 26.5 Å². The molecule has 4 nitrogen and oxygen atoms in total. The number of rotatable bonds is 1. The lowest BCUT2D eigenvalue weighted by molar-refractivity contribution is -0.108.